The first-order valence-corrected chi connectivity index (χ1v) is 6.20. The van der Waals surface area contributed by atoms with Crippen LogP contribution in [0.3, 0.4) is 0 Å². The fourth-order valence-corrected chi connectivity index (χ4v) is 1.72. The van der Waals surface area contributed by atoms with Crippen LogP contribution in [0.25, 0.3) is 6.08 Å². The molecule has 0 bridgehead atoms. The molecule has 2 aromatic carbocycles. The van der Waals surface area contributed by atoms with E-state index in [1.54, 1.807) is 25.3 Å². The van der Waals surface area contributed by atoms with Gasteiger partial charge in [0.05, 0.1) is 7.11 Å². The van der Waals surface area contributed by atoms with Crippen molar-refractivity contribution < 1.29 is 13.5 Å². The van der Waals surface area contributed by atoms with E-state index in [0.717, 1.165) is 29.5 Å². The van der Waals surface area contributed by atoms with Gasteiger partial charge in [-0.15, -0.1) is 0 Å². The molecule has 0 aliphatic carbocycles. The topological polar surface area (TPSA) is 45.1 Å². The Morgan fingerprint density at radius 2 is 1.71 bits per heavy atom. The largest absolute Gasteiger partial charge is 0.497 e. The molecule has 0 spiro atoms. The van der Waals surface area contributed by atoms with E-state index in [1.165, 1.54) is 6.08 Å². The summed E-state index contributed by atoms with van der Waals surface area (Å²) in [5, 5.41) is 10.3. The lowest BCUT2D eigenvalue weighted by Gasteiger charge is -2.05. The first kappa shape index (κ1) is 14.7. The molecule has 0 aliphatic rings. The SMILES string of the molecule is COc1ccc(/C=C/C(=N)Nc2cc(F)cc(F)c2)cc1. The second-order valence-electron chi connectivity index (χ2n) is 4.30. The van der Waals surface area contributed by atoms with Crippen molar-refractivity contribution in [3.8, 4) is 5.75 Å². The van der Waals surface area contributed by atoms with E-state index < -0.39 is 11.6 Å². The molecule has 0 fully saturated rings. The molecule has 5 heteroatoms. The molecule has 2 aromatic rings. The Morgan fingerprint density at radius 1 is 1.10 bits per heavy atom. The van der Waals surface area contributed by atoms with Gasteiger partial charge < -0.3 is 10.1 Å². The number of anilines is 1. The van der Waals surface area contributed by atoms with Gasteiger partial charge in [0.15, 0.2) is 0 Å². The predicted molar refractivity (Wildman–Crippen MR) is 79.7 cm³/mol. The summed E-state index contributed by atoms with van der Waals surface area (Å²) in [6.07, 6.45) is 3.22. The standard InChI is InChI=1S/C16H14F2N2O/c1-21-15-5-2-11(3-6-15)4-7-16(19)20-14-9-12(17)8-13(18)10-14/h2-10H,1H3,(H2,19,20)/b7-4+. The third kappa shape index (κ3) is 4.42. The number of benzene rings is 2. The molecule has 0 aromatic heterocycles. The number of amidine groups is 1. The summed E-state index contributed by atoms with van der Waals surface area (Å²) in [4.78, 5) is 0. The monoisotopic (exact) mass is 288 g/mol. The lowest BCUT2D eigenvalue weighted by atomic mass is 10.2. The van der Waals surface area contributed by atoms with Crippen molar-refractivity contribution in [2.75, 3.05) is 12.4 Å². The summed E-state index contributed by atoms with van der Waals surface area (Å²) in [5.74, 6) is -0.611. The smallest absolute Gasteiger partial charge is 0.128 e. The molecular weight excluding hydrogens is 274 g/mol. The number of hydrogen-bond acceptors (Lipinski definition) is 2. The van der Waals surface area contributed by atoms with Crippen LogP contribution in [0.1, 0.15) is 5.56 Å². The zero-order chi connectivity index (χ0) is 15.2. The summed E-state index contributed by atoms with van der Waals surface area (Å²) >= 11 is 0. The molecule has 2 N–H and O–H groups in total. The van der Waals surface area contributed by atoms with E-state index in [0.29, 0.717) is 0 Å². The first-order chi connectivity index (χ1) is 10.1. The number of halogens is 2. The summed E-state index contributed by atoms with van der Waals surface area (Å²) < 4.78 is 31.1. The third-order valence-electron chi connectivity index (χ3n) is 2.70. The average molecular weight is 288 g/mol. The second-order valence-corrected chi connectivity index (χ2v) is 4.30. The number of ether oxygens (including phenoxy) is 1. The van der Waals surface area contributed by atoms with Crippen LogP contribution in [-0.2, 0) is 0 Å². The highest BCUT2D eigenvalue weighted by Gasteiger charge is 2.01. The zero-order valence-corrected chi connectivity index (χ0v) is 11.4. The van der Waals surface area contributed by atoms with Crippen molar-refractivity contribution in [3.05, 3.63) is 65.7 Å². The third-order valence-corrected chi connectivity index (χ3v) is 2.70. The highest BCUT2D eigenvalue weighted by molar-refractivity contribution is 6.03. The van der Waals surface area contributed by atoms with Crippen molar-refractivity contribution in [2.24, 2.45) is 0 Å². The van der Waals surface area contributed by atoms with Gasteiger partial charge in [0.1, 0.15) is 23.2 Å². The Hall–Kier alpha value is -2.69. The molecule has 108 valence electrons. The van der Waals surface area contributed by atoms with Crippen molar-refractivity contribution in [3.63, 3.8) is 0 Å². The van der Waals surface area contributed by atoms with Crippen LogP contribution in [0.5, 0.6) is 5.75 Å². The molecule has 21 heavy (non-hydrogen) atoms. The molecule has 2 rings (SSSR count). The average Bonchev–Trinajstić information content (AvgIpc) is 2.44. The van der Waals surface area contributed by atoms with Gasteiger partial charge >= 0.3 is 0 Å². The molecule has 0 amide bonds. The molecule has 0 saturated carbocycles. The van der Waals surface area contributed by atoms with Crippen LogP contribution in [0.4, 0.5) is 14.5 Å². The lowest BCUT2D eigenvalue weighted by Crippen LogP contribution is -2.07. The molecule has 0 aliphatic heterocycles. The number of methoxy groups -OCH3 is 1. The minimum absolute atomic E-state index is 0.0239. The Morgan fingerprint density at radius 3 is 2.29 bits per heavy atom. The van der Waals surface area contributed by atoms with Gasteiger partial charge in [-0.25, -0.2) is 8.78 Å². The van der Waals surface area contributed by atoms with Gasteiger partial charge in [-0.3, -0.25) is 5.41 Å². The van der Waals surface area contributed by atoms with E-state index in [9.17, 15) is 8.78 Å². The normalized spacial score (nSPS) is 10.6. The molecule has 0 atom stereocenters. The quantitative estimate of drug-likeness (QED) is 0.658. The van der Waals surface area contributed by atoms with E-state index in [4.69, 9.17) is 10.1 Å². The minimum Gasteiger partial charge on any atom is -0.497 e. The highest BCUT2D eigenvalue weighted by atomic mass is 19.1. The summed E-state index contributed by atoms with van der Waals surface area (Å²) in [6.45, 7) is 0. The maximum Gasteiger partial charge on any atom is 0.128 e. The van der Waals surface area contributed by atoms with Crippen LogP contribution in [0, 0.1) is 17.0 Å². The van der Waals surface area contributed by atoms with Crippen molar-refractivity contribution in [1.29, 1.82) is 5.41 Å². The van der Waals surface area contributed by atoms with Gasteiger partial charge in [0.2, 0.25) is 0 Å². The van der Waals surface area contributed by atoms with Crippen LogP contribution < -0.4 is 10.1 Å². The molecule has 0 radical (unpaired) electrons. The van der Waals surface area contributed by atoms with E-state index in [1.807, 2.05) is 12.1 Å². The molecule has 0 heterocycles. The number of nitrogens with one attached hydrogen (secondary N) is 2. The summed E-state index contributed by atoms with van der Waals surface area (Å²) in [7, 11) is 1.59. The molecular formula is C16H14F2N2O. The fourth-order valence-electron chi connectivity index (χ4n) is 1.72. The second kappa shape index (κ2) is 6.65. The molecule has 0 saturated heterocycles. The van der Waals surface area contributed by atoms with Crippen LogP contribution in [-0.4, -0.2) is 12.9 Å². The van der Waals surface area contributed by atoms with Gasteiger partial charge in [-0.2, -0.15) is 0 Å². The van der Waals surface area contributed by atoms with Gasteiger partial charge in [0.25, 0.3) is 0 Å². The Bertz CT molecular complexity index is 646. The van der Waals surface area contributed by atoms with Crippen LogP contribution in [0.2, 0.25) is 0 Å². The zero-order valence-electron chi connectivity index (χ0n) is 11.4. The predicted octanol–water partition coefficient (Wildman–Crippen LogP) is 4.08. The fraction of sp³-hybridized carbons (Fsp3) is 0.0625. The van der Waals surface area contributed by atoms with Crippen molar-refractivity contribution >= 4 is 17.6 Å². The number of hydrogen-bond donors (Lipinski definition) is 2. The van der Waals surface area contributed by atoms with Gasteiger partial charge in [-0.1, -0.05) is 18.2 Å². The summed E-state index contributed by atoms with van der Waals surface area (Å²) in [6, 6.07) is 10.3. The van der Waals surface area contributed by atoms with E-state index in [-0.39, 0.29) is 11.5 Å². The maximum atomic E-state index is 13.0. The van der Waals surface area contributed by atoms with Gasteiger partial charge in [-0.05, 0) is 35.9 Å². The summed E-state index contributed by atoms with van der Waals surface area (Å²) in [5.41, 5.74) is 1.07. The van der Waals surface area contributed by atoms with E-state index in [2.05, 4.69) is 5.32 Å². The Kier molecular flexibility index (Phi) is 4.66. The van der Waals surface area contributed by atoms with Crippen LogP contribution in [0.15, 0.2) is 48.5 Å². The van der Waals surface area contributed by atoms with Crippen LogP contribution >= 0.6 is 0 Å². The lowest BCUT2D eigenvalue weighted by molar-refractivity contribution is 0.415. The Balaban J connectivity index is 2.01. The minimum atomic E-state index is -0.690. The molecule has 0 unspecified atom stereocenters. The highest BCUT2D eigenvalue weighted by Crippen LogP contribution is 2.14. The van der Waals surface area contributed by atoms with Crippen molar-refractivity contribution in [1.82, 2.24) is 0 Å². The van der Waals surface area contributed by atoms with Gasteiger partial charge in [0, 0.05) is 11.8 Å². The van der Waals surface area contributed by atoms with Crippen molar-refractivity contribution in [2.45, 2.75) is 0 Å². The molecule has 3 nitrogen and oxygen atoms in total. The first-order valence-electron chi connectivity index (χ1n) is 6.20. The van der Waals surface area contributed by atoms with E-state index >= 15 is 0 Å². The maximum absolute atomic E-state index is 13.0. The Labute approximate surface area is 121 Å². The number of rotatable bonds is 4.